The lowest BCUT2D eigenvalue weighted by atomic mass is 9.78. The van der Waals surface area contributed by atoms with Crippen LogP contribution in [0.2, 0.25) is 0 Å². The zero-order valence-corrected chi connectivity index (χ0v) is 17.4. The highest BCUT2D eigenvalue weighted by molar-refractivity contribution is 5.90. The summed E-state index contributed by atoms with van der Waals surface area (Å²) in [4.78, 5) is 24.5. The van der Waals surface area contributed by atoms with E-state index in [4.69, 9.17) is 14.2 Å². The summed E-state index contributed by atoms with van der Waals surface area (Å²) in [6.07, 6.45) is 5.30. The minimum atomic E-state index is -0.848. The fourth-order valence-electron chi connectivity index (χ4n) is 3.47. The summed E-state index contributed by atoms with van der Waals surface area (Å²) in [6.45, 7) is 5.97. The normalized spacial score (nSPS) is 23.1. The van der Waals surface area contributed by atoms with E-state index in [1.165, 1.54) is 12.5 Å². The van der Waals surface area contributed by atoms with Gasteiger partial charge >= 0.3 is 5.97 Å². The molecule has 1 aromatic rings. The van der Waals surface area contributed by atoms with Crippen molar-refractivity contribution in [1.29, 1.82) is 0 Å². The van der Waals surface area contributed by atoms with Crippen molar-refractivity contribution in [1.82, 2.24) is 5.32 Å². The molecular formula is C22H31NO5. The molecule has 1 saturated carbocycles. The van der Waals surface area contributed by atoms with Gasteiger partial charge in [0.15, 0.2) is 6.10 Å². The Morgan fingerprint density at radius 3 is 2.61 bits per heavy atom. The van der Waals surface area contributed by atoms with Crippen LogP contribution in [0.15, 0.2) is 24.3 Å². The minimum absolute atomic E-state index is 0.136. The predicted molar refractivity (Wildman–Crippen MR) is 108 cm³/mol. The quantitative estimate of drug-likeness (QED) is 0.570. The molecule has 1 aliphatic carbocycles. The second kappa shape index (κ2) is 10.2. The van der Waals surface area contributed by atoms with E-state index in [2.05, 4.69) is 19.2 Å². The van der Waals surface area contributed by atoms with E-state index in [0.29, 0.717) is 28.9 Å². The summed E-state index contributed by atoms with van der Waals surface area (Å²) in [5, 5.41) is 3.03. The second-order valence-corrected chi connectivity index (χ2v) is 7.40. The lowest BCUT2D eigenvalue weighted by Gasteiger charge is -2.35. The SMILES string of the molecule is COc1ccc(/C=C/C(=O)O[C@H](C)C(=O)N[C@@H]2CCC[C@H](C)[C@H]2C)c(OC)c1. The predicted octanol–water partition coefficient (Wildman–Crippen LogP) is 3.59. The molecule has 154 valence electrons. The van der Waals surface area contributed by atoms with Gasteiger partial charge in [-0.05, 0) is 43.4 Å². The van der Waals surface area contributed by atoms with Gasteiger partial charge in [0.2, 0.25) is 0 Å². The molecule has 0 aromatic heterocycles. The molecule has 1 aliphatic rings. The van der Waals surface area contributed by atoms with Gasteiger partial charge in [-0.2, -0.15) is 0 Å². The number of amides is 1. The summed E-state index contributed by atoms with van der Waals surface area (Å²) in [5.74, 6) is 1.41. The number of hydrogen-bond donors (Lipinski definition) is 1. The van der Waals surface area contributed by atoms with E-state index in [0.717, 1.165) is 12.8 Å². The smallest absolute Gasteiger partial charge is 0.331 e. The van der Waals surface area contributed by atoms with Gasteiger partial charge < -0.3 is 19.5 Å². The molecule has 4 atom stereocenters. The number of rotatable bonds is 7. The molecule has 2 rings (SSSR count). The molecule has 6 nitrogen and oxygen atoms in total. The summed E-state index contributed by atoms with van der Waals surface area (Å²) in [7, 11) is 3.12. The van der Waals surface area contributed by atoms with Gasteiger partial charge in [0.25, 0.3) is 5.91 Å². The number of benzene rings is 1. The molecular weight excluding hydrogens is 358 g/mol. The fourth-order valence-corrected chi connectivity index (χ4v) is 3.47. The lowest BCUT2D eigenvalue weighted by Crippen LogP contribution is -2.47. The van der Waals surface area contributed by atoms with Crippen LogP contribution in [0.4, 0.5) is 0 Å². The Morgan fingerprint density at radius 2 is 1.93 bits per heavy atom. The van der Waals surface area contributed by atoms with Gasteiger partial charge in [-0.1, -0.05) is 26.7 Å². The molecule has 0 unspecified atom stereocenters. The maximum atomic E-state index is 12.4. The highest BCUT2D eigenvalue weighted by atomic mass is 16.5. The first-order valence-electron chi connectivity index (χ1n) is 9.76. The van der Waals surface area contributed by atoms with Crippen molar-refractivity contribution in [2.75, 3.05) is 14.2 Å². The zero-order chi connectivity index (χ0) is 20.7. The summed E-state index contributed by atoms with van der Waals surface area (Å²) < 4.78 is 15.7. The monoisotopic (exact) mass is 389 g/mol. The van der Waals surface area contributed by atoms with Crippen LogP contribution < -0.4 is 14.8 Å². The van der Waals surface area contributed by atoms with Gasteiger partial charge in [0, 0.05) is 23.7 Å². The summed E-state index contributed by atoms with van der Waals surface area (Å²) in [5.41, 5.74) is 0.711. The van der Waals surface area contributed by atoms with E-state index in [1.54, 1.807) is 45.4 Å². The van der Waals surface area contributed by atoms with Crippen molar-refractivity contribution < 1.29 is 23.8 Å². The number of esters is 1. The molecule has 0 saturated heterocycles. The Labute approximate surface area is 167 Å². The van der Waals surface area contributed by atoms with Crippen LogP contribution in [0.1, 0.15) is 45.6 Å². The fraction of sp³-hybridized carbons (Fsp3) is 0.545. The molecule has 1 aromatic carbocycles. The third kappa shape index (κ3) is 5.75. The average Bonchev–Trinajstić information content (AvgIpc) is 2.69. The van der Waals surface area contributed by atoms with E-state index >= 15 is 0 Å². The molecule has 1 N–H and O–H groups in total. The minimum Gasteiger partial charge on any atom is -0.497 e. The van der Waals surface area contributed by atoms with Crippen molar-refractivity contribution in [2.45, 2.75) is 52.2 Å². The van der Waals surface area contributed by atoms with Crippen LogP contribution in [0.3, 0.4) is 0 Å². The number of carbonyl (C=O) groups is 2. The van der Waals surface area contributed by atoms with Crippen molar-refractivity contribution in [2.24, 2.45) is 11.8 Å². The molecule has 0 bridgehead atoms. The lowest BCUT2D eigenvalue weighted by molar-refractivity contribution is -0.150. The molecule has 0 heterocycles. The number of ether oxygens (including phenoxy) is 3. The van der Waals surface area contributed by atoms with Gasteiger partial charge in [0.05, 0.1) is 14.2 Å². The third-order valence-corrected chi connectivity index (χ3v) is 5.54. The second-order valence-electron chi connectivity index (χ2n) is 7.40. The Hall–Kier alpha value is -2.50. The van der Waals surface area contributed by atoms with Crippen molar-refractivity contribution in [3.05, 3.63) is 29.8 Å². The maximum absolute atomic E-state index is 12.4. The summed E-state index contributed by atoms with van der Waals surface area (Å²) >= 11 is 0. The molecule has 0 aliphatic heterocycles. The van der Waals surface area contributed by atoms with Gasteiger partial charge in [-0.3, -0.25) is 4.79 Å². The third-order valence-electron chi connectivity index (χ3n) is 5.54. The largest absolute Gasteiger partial charge is 0.497 e. The Morgan fingerprint density at radius 1 is 1.18 bits per heavy atom. The number of hydrogen-bond acceptors (Lipinski definition) is 5. The molecule has 1 amide bonds. The highest BCUT2D eigenvalue weighted by Gasteiger charge is 2.29. The first-order chi connectivity index (χ1) is 13.3. The van der Waals surface area contributed by atoms with E-state index < -0.39 is 12.1 Å². The molecule has 28 heavy (non-hydrogen) atoms. The van der Waals surface area contributed by atoms with Crippen molar-refractivity contribution in [3.8, 4) is 11.5 Å². The first-order valence-corrected chi connectivity index (χ1v) is 9.76. The van der Waals surface area contributed by atoms with E-state index in [1.807, 2.05) is 0 Å². The molecule has 0 radical (unpaired) electrons. The number of methoxy groups -OCH3 is 2. The summed E-state index contributed by atoms with van der Waals surface area (Å²) in [6, 6.07) is 5.42. The van der Waals surface area contributed by atoms with Crippen LogP contribution in [-0.2, 0) is 14.3 Å². The van der Waals surface area contributed by atoms with Crippen LogP contribution in [-0.4, -0.2) is 38.2 Å². The Kier molecular flexibility index (Phi) is 7.91. The Bertz CT molecular complexity index is 715. The van der Waals surface area contributed by atoms with Gasteiger partial charge in [-0.15, -0.1) is 0 Å². The van der Waals surface area contributed by atoms with Crippen LogP contribution in [0, 0.1) is 11.8 Å². The van der Waals surface area contributed by atoms with E-state index in [9.17, 15) is 9.59 Å². The average molecular weight is 389 g/mol. The van der Waals surface area contributed by atoms with Crippen molar-refractivity contribution >= 4 is 18.0 Å². The van der Waals surface area contributed by atoms with Gasteiger partial charge in [0.1, 0.15) is 11.5 Å². The molecule has 6 heteroatoms. The van der Waals surface area contributed by atoms with E-state index in [-0.39, 0.29) is 11.9 Å². The first kappa shape index (κ1) is 21.8. The maximum Gasteiger partial charge on any atom is 0.331 e. The van der Waals surface area contributed by atoms with Crippen LogP contribution >= 0.6 is 0 Å². The van der Waals surface area contributed by atoms with Crippen molar-refractivity contribution in [3.63, 3.8) is 0 Å². The highest BCUT2D eigenvalue weighted by Crippen LogP contribution is 2.29. The van der Waals surface area contributed by atoms with Gasteiger partial charge in [-0.25, -0.2) is 4.79 Å². The number of nitrogens with one attached hydrogen (secondary N) is 1. The van der Waals surface area contributed by atoms with Crippen LogP contribution in [0.5, 0.6) is 11.5 Å². The molecule has 0 spiro atoms. The standard InChI is InChI=1S/C22H31NO5/c1-14-7-6-8-19(15(14)2)23-22(25)16(3)28-21(24)12-10-17-9-11-18(26-4)13-20(17)27-5/h9-16,19H,6-8H2,1-5H3,(H,23,25)/b12-10+/t14-,15+,16+,19+/m0/s1. The van der Waals surface area contributed by atoms with Crippen LogP contribution in [0.25, 0.3) is 6.08 Å². The topological polar surface area (TPSA) is 73.9 Å². The Balaban J connectivity index is 1.91. The number of carbonyl (C=O) groups excluding carboxylic acids is 2. The zero-order valence-electron chi connectivity index (χ0n) is 17.4. The molecule has 1 fully saturated rings.